The molecular weight excluding hydrogens is 153 g/mol. The molecule has 2 aromatic rings. The average Bonchev–Trinajstić information content (AvgIpc) is 2.30. The molecule has 0 saturated heterocycles. The van der Waals surface area contributed by atoms with Gasteiger partial charge in [0.2, 0.25) is 0 Å². The van der Waals surface area contributed by atoms with Gasteiger partial charge in [-0.2, -0.15) is 0 Å². The van der Waals surface area contributed by atoms with E-state index in [0.717, 1.165) is 10.8 Å². The van der Waals surface area contributed by atoms with Gasteiger partial charge in [-0.05, 0) is 23.3 Å². The van der Waals surface area contributed by atoms with Crippen molar-refractivity contribution in [3.8, 4) is 0 Å². The lowest BCUT2D eigenvalue weighted by atomic mass is 9.94. The molecule has 2 aromatic heterocycles. The first-order chi connectivity index (χ1) is 5.29. The number of aryl methyl sites for hydroxylation is 1. The molecule has 0 aliphatic heterocycles. The Kier molecular flexibility index (Phi) is 1.46. The van der Waals surface area contributed by atoms with Crippen LogP contribution in [0.5, 0.6) is 0 Å². The van der Waals surface area contributed by atoms with Gasteiger partial charge in [-0.1, -0.05) is 5.46 Å². The number of rotatable bonds is 0. The second-order valence-corrected chi connectivity index (χ2v) is 3.70. The third-order valence-corrected chi connectivity index (χ3v) is 2.79. The fourth-order valence-electron chi connectivity index (χ4n) is 1.09. The minimum atomic E-state index is 0.896. The highest BCUT2D eigenvalue weighted by Crippen LogP contribution is 2.20. The van der Waals surface area contributed by atoms with Crippen LogP contribution >= 0.6 is 11.3 Å². The molecule has 2 radical (unpaired) electrons. The maximum Gasteiger partial charge on any atom is 0.116 e. The SMILES string of the molecule is [B]c1c(C)sc2cnccc12. The number of hydrogen-bond acceptors (Lipinski definition) is 2. The van der Waals surface area contributed by atoms with E-state index in [1.54, 1.807) is 17.5 Å². The molecular formula is C8H6BNS. The zero-order chi connectivity index (χ0) is 7.84. The molecule has 0 spiro atoms. The molecule has 0 fully saturated rings. The Morgan fingerprint density at radius 2 is 2.36 bits per heavy atom. The largest absolute Gasteiger partial charge is 0.263 e. The van der Waals surface area contributed by atoms with Gasteiger partial charge in [0, 0.05) is 12.4 Å². The first kappa shape index (κ1) is 6.86. The van der Waals surface area contributed by atoms with Crippen LogP contribution in [0.15, 0.2) is 18.5 Å². The fourth-order valence-corrected chi connectivity index (χ4v) is 2.04. The molecule has 0 aliphatic rings. The first-order valence-corrected chi connectivity index (χ1v) is 4.19. The molecule has 2 rings (SSSR count). The topological polar surface area (TPSA) is 12.9 Å². The summed E-state index contributed by atoms with van der Waals surface area (Å²) in [6, 6.07) is 1.95. The lowest BCUT2D eigenvalue weighted by molar-refractivity contribution is 1.37. The van der Waals surface area contributed by atoms with Crippen LogP contribution in [0.3, 0.4) is 0 Å². The van der Waals surface area contributed by atoms with Crippen molar-refractivity contribution in [2.45, 2.75) is 6.92 Å². The van der Waals surface area contributed by atoms with E-state index in [9.17, 15) is 0 Å². The van der Waals surface area contributed by atoms with Gasteiger partial charge in [-0.25, -0.2) is 0 Å². The van der Waals surface area contributed by atoms with E-state index < -0.39 is 0 Å². The molecule has 0 bridgehead atoms. The Balaban J connectivity index is 2.92. The van der Waals surface area contributed by atoms with E-state index in [-0.39, 0.29) is 0 Å². The highest BCUT2D eigenvalue weighted by molar-refractivity contribution is 7.20. The summed E-state index contributed by atoms with van der Waals surface area (Å²) in [6.45, 7) is 2.03. The van der Waals surface area contributed by atoms with Crippen molar-refractivity contribution in [2.24, 2.45) is 0 Å². The lowest BCUT2D eigenvalue weighted by Crippen LogP contribution is -2.01. The van der Waals surface area contributed by atoms with Crippen LogP contribution in [0.1, 0.15) is 4.88 Å². The summed E-state index contributed by atoms with van der Waals surface area (Å²) >= 11 is 1.69. The Bertz CT molecular complexity index is 394. The van der Waals surface area contributed by atoms with Crippen LogP contribution in [0.25, 0.3) is 10.1 Å². The van der Waals surface area contributed by atoms with Crippen LogP contribution in [-0.4, -0.2) is 12.8 Å². The molecule has 0 aliphatic carbocycles. The molecule has 0 saturated carbocycles. The van der Waals surface area contributed by atoms with E-state index in [2.05, 4.69) is 4.98 Å². The summed E-state index contributed by atoms with van der Waals surface area (Å²) in [6.07, 6.45) is 3.62. The normalized spacial score (nSPS) is 10.6. The van der Waals surface area contributed by atoms with E-state index in [4.69, 9.17) is 7.85 Å². The third kappa shape index (κ3) is 0.961. The summed E-state index contributed by atoms with van der Waals surface area (Å²) in [5.74, 6) is 0. The van der Waals surface area contributed by atoms with E-state index in [1.165, 1.54) is 9.58 Å². The van der Waals surface area contributed by atoms with Crippen molar-refractivity contribution in [3.05, 3.63) is 23.3 Å². The second kappa shape index (κ2) is 2.34. The molecule has 1 nitrogen and oxygen atoms in total. The van der Waals surface area contributed by atoms with E-state index in [0.29, 0.717) is 0 Å². The van der Waals surface area contributed by atoms with Crippen molar-refractivity contribution < 1.29 is 0 Å². The molecule has 52 valence electrons. The number of fused-ring (bicyclic) bond motifs is 1. The van der Waals surface area contributed by atoms with Crippen LogP contribution in [0.4, 0.5) is 0 Å². The van der Waals surface area contributed by atoms with Crippen molar-refractivity contribution in [1.82, 2.24) is 4.98 Å². The van der Waals surface area contributed by atoms with Crippen molar-refractivity contribution >= 4 is 34.7 Å². The van der Waals surface area contributed by atoms with Gasteiger partial charge in [0.05, 0.1) is 4.70 Å². The Morgan fingerprint density at radius 1 is 1.55 bits per heavy atom. The van der Waals surface area contributed by atoms with Crippen LogP contribution in [0, 0.1) is 6.92 Å². The molecule has 2 heterocycles. The highest BCUT2D eigenvalue weighted by Gasteiger charge is 2.01. The summed E-state index contributed by atoms with van der Waals surface area (Å²) < 4.78 is 1.17. The predicted octanol–water partition coefficient (Wildman–Crippen LogP) is 1.40. The fraction of sp³-hybridized carbons (Fsp3) is 0.125. The quantitative estimate of drug-likeness (QED) is 0.529. The number of pyridine rings is 1. The monoisotopic (exact) mass is 159 g/mol. The highest BCUT2D eigenvalue weighted by atomic mass is 32.1. The summed E-state index contributed by atoms with van der Waals surface area (Å²) in [5, 5.41) is 1.13. The van der Waals surface area contributed by atoms with Crippen LogP contribution in [0.2, 0.25) is 0 Å². The summed E-state index contributed by atoms with van der Waals surface area (Å²) in [7, 11) is 5.82. The van der Waals surface area contributed by atoms with Gasteiger partial charge in [0.15, 0.2) is 0 Å². The average molecular weight is 159 g/mol. The van der Waals surface area contributed by atoms with Crippen molar-refractivity contribution in [2.75, 3.05) is 0 Å². The second-order valence-electron chi connectivity index (χ2n) is 2.44. The number of nitrogens with zero attached hydrogens (tertiary/aromatic N) is 1. The predicted molar refractivity (Wildman–Crippen MR) is 49.7 cm³/mol. The Labute approximate surface area is 70.5 Å². The minimum absolute atomic E-state index is 0.896. The Morgan fingerprint density at radius 3 is 3.09 bits per heavy atom. The Hall–Kier alpha value is -0.825. The van der Waals surface area contributed by atoms with E-state index in [1.807, 2.05) is 19.2 Å². The summed E-state index contributed by atoms with van der Waals surface area (Å²) in [4.78, 5) is 5.20. The maximum atomic E-state index is 5.82. The van der Waals surface area contributed by atoms with Crippen molar-refractivity contribution in [1.29, 1.82) is 0 Å². The zero-order valence-electron chi connectivity index (χ0n) is 6.16. The van der Waals surface area contributed by atoms with Gasteiger partial charge in [-0.15, -0.1) is 11.3 Å². The maximum absolute atomic E-state index is 5.82. The molecule has 0 unspecified atom stereocenters. The first-order valence-electron chi connectivity index (χ1n) is 3.37. The molecule has 0 aromatic carbocycles. The number of aromatic nitrogens is 1. The smallest absolute Gasteiger partial charge is 0.116 e. The molecule has 0 N–H and O–H groups in total. The molecule has 0 atom stereocenters. The lowest BCUT2D eigenvalue weighted by Gasteiger charge is -1.88. The van der Waals surface area contributed by atoms with Crippen LogP contribution < -0.4 is 5.46 Å². The van der Waals surface area contributed by atoms with Crippen LogP contribution in [-0.2, 0) is 0 Å². The zero-order valence-corrected chi connectivity index (χ0v) is 6.98. The minimum Gasteiger partial charge on any atom is -0.263 e. The van der Waals surface area contributed by atoms with Gasteiger partial charge in [-0.3, -0.25) is 4.98 Å². The molecule has 3 heteroatoms. The van der Waals surface area contributed by atoms with Gasteiger partial charge in [0.25, 0.3) is 0 Å². The van der Waals surface area contributed by atoms with Gasteiger partial charge >= 0.3 is 0 Å². The number of hydrogen-bond donors (Lipinski definition) is 0. The third-order valence-electron chi connectivity index (χ3n) is 1.72. The number of thiophene rings is 1. The van der Waals surface area contributed by atoms with Gasteiger partial charge in [0.1, 0.15) is 7.85 Å². The van der Waals surface area contributed by atoms with Gasteiger partial charge < -0.3 is 0 Å². The molecule has 11 heavy (non-hydrogen) atoms. The summed E-state index contributed by atoms with van der Waals surface area (Å²) in [5.41, 5.74) is 0.896. The van der Waals surface area contributed by atoms with E-state index >= 15 is 0 Å². The molecule has 0 amide bonds. The van der Waals surface area contributed by atoms with Crippen molar-refractivity contribution in [3.63, 3.8) is 0 Å². The standard InChI is InChI=1S/C8H6BNS/c1-5-8(9)6-2-3-10-4-7(6)11-5/h2-4H,1H3.